The van der Waals surface area contributed by atoms with E-state index in [9.17, 15) is 0 Å². The highest BCUT2D eigenvalue weighted by Crippen LogP contribution is 2.44. The molecule has 3 aliphatic heterocycles. The van der Waals surface area contributed by atoms with Gasteiger partial charge in [0.25, 0.3) is 0 Å². The minimum absolute atomic E-state index is 0.300. The van der Waals surface area contributed by atoms with Crippen LogP contribution in [0.15, 0.2) is 0 Å². The van der Waals surface area contributed by atoms with Crippen molar-refractivity contribution in [2.24, 2.45) is 11.1 Å². The number of nitrogens with two attached hydrogens (primary N) is 1. The number of hydrogen-bond donors (Lipinski definition) is 1. The van der Waals surface area contributed by atoms with Gasteiger partial charge in [-0.05, 0) is 57.2 Å². The van der Waals surface area contributed by atoms with E-state index < -0.39 is 0 Å². The van der Waals surface area contributed by atoms with Crippen LogP contribution in [0.3, 0.4) is 0 Å². The third-order valence-corrected chi connectivity index (χ3v) is 7.37. The summed E-state index contributed by atoms with van der Waals surface area (Å²) in [6.45, 7) is 10.8. The fourth-order valence-corrected chi connectivity index (χ4v) is 5.49. The monoisotopic (exact) mass is 293 g/mol. The molecule has 3 fully saturated rings. The third kappa shape index (κ3) is 2.55. The molecule has 3 rings (SSSR count). The zero-order valence-electron chi connectivity index (χ0n) is 14.2. The molecule has 0 aromatic carbocycles. The molecular weight excluding hydrogens is 258 g/mol. The van der Waals surface area contributed by atoms with Gasteiger partial charge in [0.15, 0.2) is 0 Å². The van der Waals surface area contributed by atoms with Crippen LogP contribution in [0.4, 0.5) is 0 Å². The second-order valence-electron chi connectivity index (χ2n) is 7.80. The first kappa shape index (κ1) is 15.8. The molecule has 3 heterocycles. The van der Waals surface area contributed by atoms with Crippen LogP contribution in [0, 0.1) is 5.41 Å². The van der Waals surface area contributed by atoms with Gasteiger partial charge in [-0.3, -0.25) is 9.80 Å². The van der Waals surface area contributed by atoms with E-state index in [1.54, 1.807) is 0 Å². The van der Waals surface area contributed by atoms with Crippen LogP contribution in [0.1, 0.15) is 65.2 Å². The van der Waals surface area contributed by atoms with Crippen LogP contribution in [0.5, 0.6) is 0 Å². The number of fused-ring (bicyclic) bond motifs is 1. The van der Waals surface area contributed by atoms with E-state index >= 15 is 0 Å². The molecular formula is C18H35N3. The minimum Gasteiger partial charge on any atom is -0.329 e. The quantitative estimate of drug-likeness (QED) is 0.865. The molecule has 3 nitrogen and oxygen atoms in total. The molecule has 0 saturated carbocycles. The van der Waals surface area contributed by atoms with Gasteiger partial charge in [-0.1, -0.05) is 33.1 Å². The summed E-state index contributed by atoms with van der Waals surface area (Å²) in [7, 11) is 0. The van der Waals surface area contributed by atoms with Crippen LogP contribution in [0.2, 0.25) is 0 Å². The van der Waals surface area contributed by atoms with Gasteiger partial charge < -0.3 is 5.73 Å². The molecule has 3 saturated heterocycles. The lowest BCUT2D eigenvalue weighted by Gasteiger charge is -2.52. The first-order chi connectivity index (χ1) is 10.2. The predicted octanol–water partition coefficient (Wildman–Crippen LogP) is 2.84. The van der Waals surface area contributed by atoms with Gasteiger partial charge in [0.2, 0.25) is 0 Å². The zero-order valence-corrected chi connectivity index (χ0v) is 14.2. The molecule has 2 N–H and O–H groups in total. The summed E-state index contributed by atoms with van der Waals surface area (Å²) < 4.78 is 0. The average Bonchev–Trinajstić information content (AvgIpc) is 2.95. The highest BCUT2D eigenvalue weighted by atomic mass is 15.3. The smallest absolute Gasteiger partial charge is 0.0498 e. The minimum atomic E-state index is 0.300. The Hall–Kier alpha value is -0.120. The summed E-state index contributed by atoms with van der Waals surface area (Å²) in [4.78, 5) is 5.56. The van der Waals surface area contributed by atoms with Crippen LogP contribution in [0.25, 0.3) is 0 Å². The van der Waals surface area contributed by atoms with Crippen molar-refractivity contribution in [2.75, 3.05) is 32.7 Å². The van der Waals surface area contributed by atoms with Gasteiger partial charge >= 0.3 is 0 Å². The topological polar surface area (TPSA) is 32.5 Å². The summed E-state index contributed by atoms with van der Waals surface area (Å²) in [5.41, 5.74) is 7.29. The normalized spacial score (nSPS) is 37.6. The maximum atomic E-state index is 6.37. The molecule has 0 radical (unpaired) electrons. The predicted molar refractivity (Wildman–Crippen MR) is 89.4 cm³/mol. The van der Waals surface area contributed by atoms with Crippen molar-refractivity contribution in [2.45, 2.75) is 76.8 Å². The highest BCUT2D eigenvalue weighted by Gasteiger charge is 2.51. The van der Waals surface area contributed by atoms with E-state index in [0.29, 0.717) is 11.0 Å². The van der Waals surface area contributed by atoms with Crippen LogP contribution >= 0.6 is 0 Å². The van der Waals surface area contributed by atoms with Crippen molar-refractivity contribution in [3.63, 3.8) is 0 Å². The largest absolute Gasteiger partial charge is 0.329 e. The number of likely N-dealkylation sites (tertiary alicyclic amines) is 1. The standard InChI is InChI=1S/C18H35N3/c1-3-17(4-2)8-13-21(14-9-17)18(15-19)10-12-20-11-6-5-7-16(18)20/h16H,3-15,19H2,1-2H3. The van der Waals surface area contributed by atoms with Crippen LogP contribution in [-0.4, -0.2) is 54.1 Å². The Morgan fingerprint density at radius 3 is 2.29 bits per heavy atom. The fourth-order valence-electron chi connectivity index (χ4n) is 5.49. The van der Waals surface area contributed by atoms with E-state index in [1.165, 1.54) is 77.5 Å². The van der Waals surface area contributed by atoms with Crippen molar-refractivity contribution in [1.29, 1.82) is 0 Å². The van der Waals surface area contributed by atoms with Gasteiger partial charge in [-0.25, -0.2) is 0 Å². The molecule has 0 aromatic rings. The van der Waals surface area contributed by atoms with E-state index in [1.807, 2.05) is 0 Å². The number of piperidine rings is 2. The van der Waals surface area contributed by atoms with E-state index in [-0.39, 0.29) is 0 Å². The second-order valence-corrected chi connectivity index (χ2v) is 7.80. The van der Waals surface area contributed by atoms with Gasteiger partial charge in [0, 0.05) is 24.7 Å². The molecule has 3 heteroatoms. The van der Waals surface area contributed by atoms with E-state index in [4.69, 9.17) is 5.73 Å². The van der Waals surface area contributed by atoms with E-state index in [2.05, 4.69) is 23.6 Å². The maximum Gasteiger partial charge on any atom is 0.0498 e. The first-order valence-corrected chi connectivity index (χ1v) is 9.39. The van der Waals surface area contributed by atoms with Gasteiger partial charge in [0.1, 0.15) is 0 Å². The molecule has 2 unspecified atom stereocenters. The third-order valence-electron chi connectivity index (χ3n) is 7.37. The summed E-state index contributed by atoms with van der Waals surface area (Å²) in [5, 5.41) is 0. The van der Waals surface area contributed by atoms with Crippen molar-refractivity contribution < 1.29 is 0 Å². The Balaban J connectivity index is 1.73. The Bertz CT molecular complexity index is 342. The Morgan fingerprint density at radius 2 is 1.67 bits per heavy atom. The van der Waals surface area contributed by atoms with Crippen LogP contribution < -0.4 is 5.73 Å². The van der Waals surface area contributed by atoms with Gasteiger partial charge in [0.05, 0.1) is 0 Å². The summed E-state index contributed by atoms with van der Waals surface area (Å²) >= 11 is 0. The molecule has 0 aromatic heterocycles. The Labute approximate surface area is 131 Å². The molecule has 3 aliphatic rings. The zero-order chi connectivity index (χ0) is 14.9. The lowest BCUT2D eigenvalue weighted by molar-refractivity contribution is -0.0110. The Kier molecular flexibility index (Phi) is 4.63. The lowest BCUT2D eigenvalue weighted by Crippen LogP contribution is -2.63. The number of rotatable bonds is 4. The molecule has 0 aliphatic carbocycles. The van der Waals surface area contributed by atoms with Gasteiger partial charge in [-0.15, -0.1) is 0 Å². The maximum absolute atomic E-state index is 6.37. The molecule has 2 atom stereocenters. The first-order valence-electron chi connectivity index (χ1n) is 9.39. The van der Waals surface area contributed by atoms with Crippen molar-refractivity contribution >= 4 is 0 Å². The summed E-state index contributed by atoms with van der Waals surface area (Å²) in [6, 6.07) is 0.743. The SMILES string of the molecule is CCC1(CC)CCN(C2(CN)CCN3CCCCC32)CC1. The molecule has 0 spiro atoms. The second kappa shape index (κ2) is 6.17. The van der Waals surface area contributed by atoms with Crippen LogP contribution in [-0.2, 0) is 0 Å². The summed E-state index contributed by atoms with van der Waals surface area (Å²) in [5.74, 6) is 0. The molecule has 0 bridgehead atoms. The van der Waals surface area contributed by atoms with Gasteiger partial charge in [-0.2, -0.15) is 0 Å². The van der Waals surface area contributed by atoms with Crippen molar-refractivity contribution in [3.05, 3.63) is 0 Å². The number of nitrogens with zero attached hydrogens (tertiary/aromatic N) is 2. The summed E-state index contributed by atoms with van der Waals surface area (Å²) in [6.07, 6.45) is 10.9. The molecule has 122 valence electrons. The molecule has 21 heavy (non-hydrogen) atoms. The lowest BCUT2D eigenvalue weighted by atomic mass is 9.72. The van der Waals surface area contributed by atoms with Crippen molar-refractivity contribution in [3.8, 4) is 0 Å². The van der Waals surface area contributed by atoms with E-state index in [0.717, 1.165) is 12.6 Å². The Morgan fingerprint density at radius 1 is 0.952 bits per heavy atom. The highest BCUT2D eigenvalue weighted by molar-refractivity contribution is 5.09. The molecule has 0 amide bonds. The van der Waals surface area contributed by atoms with Crippen molar-refractivity contribution in [1.82, 2.24) is 9.80 Å². The average molecular weight is 293 g/mol. The fraction of sp³-hybridized carbons (Fsp3) is 1.00. The number of hydrogen-bond acceptors (Lipinski definition) is 3.